The van der Waals surface area contributed by atoms with Gasteiger partial charge in [-0.3, -0.25) is 4.79 Å². The zero-order valence-corrected chi connectivity index (χ0v) is 10.8. The average molecular weight is 258 g/mol. The van der Waals surface area contributed by atoms with Crippen LogP contribution < -0.4 is 11.1 Å². The lowest BCUT2D eigenvalue weighted by Crippen LogP contribution is -2.14. The molecule has 0 unspecified atom stereocenters. The monoisotopic (exact) mass is 258 g/mol. The van der Waals surface area contributed by atoms with E-state index in [1.54, 1.807) is 6.07 Å². The molecule has 0 saturated carbocycles. The zero-order chi connectivity index (χ0) is 14.0. The van der Waals surface area contributed by atoms with E-state index in [9.17, 15) is 9.18 Å². The second kappa shape index (κ2) is 5.10. The number of anilines is 2. The number of hydrogen-bond donors (Lipinski definition) is 2. The molecule has 98 valence electrons. The van der Waals surface area contributed by atoms with Crippen LogP contribution in [0.3, 0.4) is 0 Å². The van der Waals surface area contributed by atoms with Gasteiger partial charge in [0.2, 0.25) is 0 Å². The van der Waals surface area contributed by atoms with E-state index in [1.165, 1.54) is 24.3 Å². The van der Waals surface area contributed by atoms with Gasteiger partial charge in [-0.05, 0) is 55.3 Å². The Balaban J connectivity index is 2.29. The van der Waals surface area contributed by atoms with Crippen molar-refractivity contribution < 1.29 is 9.18 Å². The Bertz CT molecular complexity index is 621. The number of benzene rings is 2. The fourth-order valence-electron chi connectivity index (χ4n) is 1.84. The van der Waals surface area contributed by atoms with Crippen LogP contribution in [0.2, 0.25) is 0 Å². The molecule has 2 aromatic rings. The maximum atomic E-state index is 12.8. The standard InChI is InChI=1S/C15H15FN2O/c1-9-3-8-13(17)10(2)14(9)18-15(19)11-4-6-12(16)7-5-11/h3-8H,17H2,1-2H3,(H,18,19). The lowest BCUT2D eigenvalue weighted by molar-refractivity contribution is 0.102. The molecule has 1 amide bonds. The molecule has 2 aromatic carbocycles. The maximum absolute atomic E-state index is 12.8. The number of aryl methyl sites for hydroxylation is 1. The minimum Gasteiger partial charge on any atom is -0.398 e. The molecule has 0 aliphatic rings. The van der Waals surface area contributed by atoms with E-state index in [4.69, 9.17) is 5.73 Å². The van der Waals surface area contributed by atoms with E-state index in [1.807, 2.05) is 19.9 Å². The van der Waals surface area contributed by atoms with E-state index < -0.39 is 0 Å². The van der Waals surface area contributed by atoms with E-state index in [-0.39, 0.29) is 11.7 Å². The number of carbonyl (C=O) groups excluding carboxylic acids is 1. The lowest BCUT2D eigenvalue weighted by Gasteiger charge is -2.13. The van der Waals surface area contributed by atoms with Crippen molar-refractivity contribution in [2.24, 2.45) is 0 Å². The summed E-state index contributed by atoms with van der Waals surface area (Å²) < 4.78 is 12.8. The quantitative estimate of drug-likeness (QED) is 0.812. The van der Waals surface area contributed by atoms with Crippen molar-refractivity contribution in [2.45, 2.75) is 13.8 Å². The molecular weight excluding hydrogens is 243 g/mol. The van der Waals surface area contributed by atoms with Gasteiger partial charge in [0.25, 0.3) is 5.91 Å². The first-order valence-electron chi connectivity index (χ1n) is 5.91. The summed E-state index contributed by atoms with van der Waals surface area (Å²) in [6, 6.07) is 9.06. The molecule has 0 aromatic heterocycles. The van der Waals surface area contributed by atoms with E-state index >= 15 is 0 Å². The first-order chi connectivity index (χ1) is 8.99. The summed E-state index contributed by atoms with van der Waals surface area (Å²) in [4.78, 5) is 12.1. The maximum Gasteiger partial charge on any atom is 0.255 e. The molecule has 0 bridgehead atoms. The number of rotatable bonds is 2. The van der Waals surface area contributed by atoms with Crippen LogP contribution in [0.15, 0.2) is 36.4 Å². The van der Waals surface area contributed by atoms with Crippen LogP contribution in [0.1, 0.15) is 21.5 Å². The molecule has 0 aliphatic carbocycles. The number of hydrogen-bond acceptors (Lipinski definition) is 2. The van der Waals surface area contributed by atoms with Gasteiger partial charge in [-0.2, -0.15) is 0 Å². The summed E-state index contributed by atoms with van der Waals surface area (Å²) in [5, 5.41) is 2.81. The van der Waals surface area contributed by atoms with Gasteiger partial charge in [-0.25, -0.2) is 4.39 Å². The normalized spacial score (nSPS) is 10.3. The second-order valence-corrected chi connectivity index (χ2v) is 4.43. The molecule has 19 heavy (non-hydrogen) atoms. The van der Waals surface area contributed by atoms with Gasteiger partial charge in [-0.15, -0.1) is 0 Å². The van der Waals surface area contributed by atoms with Crippen molar-refractivity contribution in [1.29, 1.82) is 0 Å². The Morgan fingerprint density at radius 2 is 1.74 bits per heavy atom. The Labute approximate surface area is 111 Å². The SMILES string of the molecule is Cc1ccc(N)c(C)c1NC(=O)c1ccc(F)cc1. The van der Waals surface area contributed by atoms with E-state index in [2.05, 4.69) is 5.32 Å². The van der Waals surface area contributed by atoms with Gasteiger partial charge in [0.1, 0.15) is 5.82 Å². The van der Waals surface area contributed by atoms with Crippen LogP contribution in [-0.2, 0) is 0 Å². The Morgan fingerprint density at radius 3 is 2.37 bits per heavy atom. The lowest BCUT2D eigenvalue weighted by atomic mass is 10.1. The third-order valence-electron chi connectivity index (χ3n) is 3.06. The van der Waals surface area contributed by atoms with Gasteiger partial charge in [-0.1, -0.05) is 6.07 Å². The second-order valence-electron chi connectivity index (χ2n) is 4.43. The molecule has 0 atom stereocenters. The highest BCUT2D eigenvalue weighted by molar-refractivity contribution is 6.05. The average Bonchev–Trinajstić information content (AvgIpc) is 2.40. The van der Waals surface area contributed by atoms with Gasteiger partial charge in [0.15, 0.2) is 0 Å². The Kier molecular flexibility index (Phi) is 3.51. The molecule has 0 fully saturated rings. The van der Waals surface area contributed by atoms with Gasteiger partial charge in [0, 0.05) is 16.9 Å². The summed E-state index contributed by atoms with van der Waals surface area (Å²) in [7, 11) is 0. The van der Waals surface area contributed by atoms with Crippen molar-refractivity contribution >= 4 is 17.3 Å². The number of nitrogens with two attached hydrogens (primary N) is 1. The van der Waals surface area contributed by atoms with E-state index in [0.29, 0.717) is 16.9 Å². The van der Waals surface area contributed by atoms with Gasteiger partial charge >= 0.3 is 0 Å². The van der Waals surface area contributed by atoms with Gasteiger partial charge in [0.05, 0.1) is 0 Å². The smallest absolute Gasteiger partial charge is 0.255 e. The molecule has 4 heteroatoms. The molecule has 0 heterocycles. The van der Waals surface area contributed by atoms with Crippen molar-refractivity contribution in [3.63, 3.8) is 0 Å². The number of nitrogen functional groups attached to an aromatic ring is 1. The highest BCUT2D eigenvalue weighted by Gasteiger charge is 2.11. The van der Waals surface area contributed by atoms with E-state index in [0.717, 1.165) is 11.1 Å². The third kappa shape index (κ3) is 2.73. The summed E-state index contributed by atoms with van der Waals surface area (Å²) in [5.74, 6) is -0.648. The van der Waals surface area contributed by atoms with Crippen molar-refractivity contribution in [1.82, 2.24) is 0 Å². The summed E-state index contributed by atoms with van der Waals surface area (Å²) in [6.45, 7) is 3.75. The van der Waals surface area contributed by atoms with Crippen LogP contribution in [0.5, 0.6) is 0 Å². The van der Waals surface area contributed by atoms with Crippen LogP contribution in [0.4, 0.5) is 15.8 Å². The zero-order valence-electron chi connectivity index (χ0n) is 10.8. The summed E-state index contributed by atoms with van der Waals surface area (Å²) >= 11 is 0. The van der Waals surface area contributed by atoms with Crippen molar-refractivity contribution in [2.75, 3.05) is 11.1 Å². The molecule has 3 N–H and O–H groups in total. The van der Waals surface area contributed by atoms with Crippen LogP contribution in [0.25, 0.3) is 0 Å². The van der Waals surface area contributed by atoms with Crippen LogP contribution >= 0.6 is 0 Å². The molecule has 2 rings (SSSR count). The number of nitrogens with one attached hydrogen (secondary N) is 1. The summed E-state index contributed by atoms with van der Waals surface area (Å²) in [5.41, 5.74) is 9.32. The highest BCUT2D eigenvalue weighted by atomic mass is 19.1. The van der Waals surface area contributed by atoms with Gasteiger partial charge < -0.3 is 11.1 Å². The topological polar surface area (TPSA) is 55.1 Å². The van der Waals surface area contributed by atoms with Crippen molar-refractivity contribution in [3.8, 4) is 0 Å². The predicted octanol–water partition coefficient (Wildman–Crippen LogP) is 3.28. The summed E-state index contributed by atoms with van der Waals surface area (Å²) in [6.07, 6.45) is 0. The number of carbonyl (C=O) groups is 1. The largest absolute Gasteiger partial charge is 0.398 e. The molecule has 0 saturated heterocycles. The predicted molar refractivity (Wildman–Crippen MR) is 74.7 cm³/mol. The Hall–Kier alpha value is -2.36. The fourth-order valence-corrected chi connectivity index (χ4v) is 1.84. The number of halogens is 1. The molecule has 0 spiro atoms. The highest BCUT2D eigenvalue weighted by Crippen LogP contribution is 2.25. The van der Waals surface area contributed by atoms with Crippen LogP contribution in [0, 0.1) is 19.7 Å². The number of amides is 1. The first kappa shape index (κ1) is 13.1. The van der Waals surface area contributed by atoms with Crippen LogP contribution in [-0.4, -0.2) is 5.91 Å². The third-order valence-corrected chi connectivity index (χ3v) is 3.06. The fraction of sp³-hybridized carbons (Fsp3) is 0.133. The molecule has 0 radical (unpaired) electrons. The minimum atomic E-state index is -0.368. The molecule has 3 nitrogen and oxygen atoms in total. The molecule has 0 aliphatic heterocycles. The Morgan fingerprint density at radius 1 is 1.11 bits per heavy atom. The van der Waals surface area contributed by atoms with Crippen molar-refractivity contribution in [3.05, 3.63) is 58.9 Å². The first-order valence-corrected chi connectivity index (χ1v) is 5.91. The minimum absolute atomic E-state index is 0.281. The molecular formula is C15H15FN2O.